The van der Waals surface area contributed by atoms with Crippen molar-refractivity contribution in [1.82, 2.24) is 0 Å². The van der Waals surface area contributed by atoms with E-state index in [-0.39, 0.29) is 0 Å². The van der Waals surface area contributed by atoms with Crippen molar-refractivity contribution in [3.8, 4) is 11.1 Å². The van der Waals surface area contributed by atoms with Gasteiger partial charge in [0.25, 0.3) is 0 Å². The molecule has 0 amide bonds. The molecule has 0 radical (unpaired) electrons. The van der Waals surface area contributed by atoms with Crippen LogP contribution in [0.4, 0.5) is 17.1 Å². The summed E-state index contributed by atoms with van der Waals surface area (Å²) in [5.41, 5.74) is 12.0. The molecule has 0 spiro atoms. The summed E-state index contributed by atoms with van der Waals surface area (Å²) in [7, 11) is -2.74. The van der Waals surface area contributed by atoms with Gasteiger partial charge in [0.2, 0.25) is 0 Å². The molecule has 1 aliphatic carbocycles. The van der Waals surface area contributed by atoms with Crippen molar-refractivity contribution in [2.45, 2.75) is 5.41 Å². The predicted molar refractivity (Wildman–Crippen MR) is 269 cm³/mol. The van der Waals surface area contributed by atoms with Gasteiger partial charge in [0.15, 0.2) is 8.07 Å². The summed E-state index contributed by atoms with van der Waals surface area (Å²) in [6.07, 6.45) is 0. The topological polar surface area (TPSA) is 16.4 Å². The molecule has 0 saturated carbocycles. The molecule has 2 nitrogen and oxygen atoms in total. The molecule has 1 aliphatic rings. The number of furan rings is 1. The molecule has 0 bridgehead atoms. The van der Waals surface area contributed by atoms with E-state index in [1.165, 1.54) is 54.1 Å². The number of rotatable bonds is 9. The van der Waals surface area contributed by atoms with Crippen LogP contribution in [0, 0.1) is 0 Å². The molecule has 3 heteroatoms. The summed E-state index contributed by atoms with van der Waals surface area (Å²) in [5, 5.41) is 7.51. The zero-order valence-electron chi connectivity index (χ0n) is 35.2. The Hall–Kier alpha value is -7.98. The standard InChI is InChI=1S/C61H43NOSi/c1-7-21-44(22-8-1)61(45-23-9-2-10-24-45)57-34-20-19-33-53(57)54-38-35-47(41-58(54)61)62(46-25-11-3-12-26-46)48-36-39-55-56-40-37-52(43-60(56)63-59(55)42-48)64(49-27-13-4-14-28-49,50-29-15-5-16-30-50)51-31-17-6-18-32-51/h1-43H. The molecule has 0 unspecified atom stereocenters. The largest absolute Gasteiger partial charge is 0.456 e. The monoisotopic (exact) mass is 833 g/mol. The lowest BCUT2D eigenvalue weighted by atomic mass is 9.67. The number of fused-ring (bicyclic) bond motifs is 6. The maximum Gasteiger partial charge on any atom is 0.179 e. The summed E-state index contributed by atoms with van der Waals surface area (Å²) in [4.78, 5) is 2.38. The molecule has 10 aromatic carbocycles. The summed E-state index contributed by atoms with van der Waals surface area (Å²) >= 11 is 0. The van der Waals surface area contributed by atoms with Crippen molar-refractivity contribution in [3.05, 3.63) is 283 Å². The Morgan fingerprint density at radius 2 is 0.750 bits per heavy atom. The third-order valence-electron chi connectivity index (χ3n) is 13.5. The van der Waals surface area contributed by atoms with E-state index in [1.54, 1.807) is 0 Å². The molecule has 302 valence electrons. The number of para-hydroxylation sites is 1. The van der Waals surface area contributed by atoms with Crippen LogP contribution in [0.3, 0.4) is 0 Å². The van der Waals surface area contributed by atoms with Crippen molar-refractivity contribution < 1.29 is 4.42 Å². The maximum absolute atomic E-state index is 7.02. The molecule has 1 aromatic heterocycles. The summed E-state index contributed by atoms with van der Waals surface area (Å²) in [6.45, 7) is 0. The zero-order chi connectivity index (χ0) is 42.5. The van der Waals surface area contributed by atoms with Crippen LogP contribution < -0.4 is 25.6 Å². The van der Waals surface area contributed by atoms with E-state index in [2.05, 4.69) is 266 Å². The normalized spacial score (nSPS) is 12.8. The smallest absolute Gasteiger partial charge is 0.179 e. The van der Waals surface area contributed by atoms with E-state index in [0.29, 0.717) is 0 Å². The average Bonchev–Trinajstić information content (AvgIpc) is 3.89. The number of hydrogen-bond acceptors (Lipinski definition) is 2. The van der Waals surface area contributed by atoms with Crippen LogP contribution in [0.15, 0.2) is 265 Å². The summed E-state index contributed by atoms with van der Waals surface area (Å²) in [5.74, 6) is 0. The minimum atomic E-state index is -2.74. The van der Waals surface area contributed by atoms with Gasteiger partial charge >= 0.3 is 0 Å². The van der Waals surface area contributed by atoms with Crippen molar-refractivity contribution in [1.29, 1.82) is 0 Å². The molecule has 0 N–H and O–H groups in total. The van der Waals surface area contributed by atoms with Crippen LogP contribution >= 0.6 is 0 Å². The van der Waals surface area contributed by atoms with Gasteiger partial charge in [-0.05, 0) is 96.6 Å². The molecule has 12 rings (SSSR count). The van der Waals surface area contributed by atoms with E-state index in [0.717, 1.165) is 39.0 Å². The van der Waals surface area contributed by atoms with Gasteiger partial charge < -0.3 is 9.32 Å². The highest BCUT2D eigenvalue weighted by Crippen LogP contribution is 2.57. The van der Waals surface area contributed by atoms with Gasteiger partial charge in [0, 0.05) is 33.9 Å². The Bertz CT molecular complexity index is 3290. The lowest BCUT2D eigenvalue weighted by Gasteiger charge is -2.35. The van der Waals surface area contributed by atoms with Gasteiger partial charge in [-0.25, -0.2) is 0 Å². The molecular formula is C61H43NOSi. The minimum absolute atomic E-state index is 0.509. The highest BCUT2D eigenvalue weighted by atomic mass is 28.3. The molecular weight excluding hydrogens is 791 g/mol. The Morgan fingerprint density at radius 3 is 1.33 bits per heavy atom. The highest BCUT2D eigenvalue weighted by molar-refractivity contribution is 7.20. The maximum atomic E-state index is 7.02. The number of hydrogen-bond donors (Lipinski definition) is 0. The van der Waals surface area contributed by atoms with Crippen LogP contribution in [0.5, 0.6) is 0 Å². The van der Waals surface area contributed by atoms with Crippen LogP contribution in [0.1, 0.15) is 22.3 Å². The van der Waals surface area contributed by atoms with Gasteiger partial charge in [-0.1, -0.05) is 212 Å². The Morgan fingerprint density at radius 1 is 0.312 bits per heavy atom. The molecule has 0 atom stereocenters. The Labute approximate surface area is 375 Å². The third-order valence-corrected chi connectivity index (χ3v) is 18.3. The fourth-order valence-corrected chi connectivity index (χ4v) is 15.6. The van der Waals surface area contributed by atoms with E-state index >= 15 is 0 Å². The molecule has 0 aliphatic heterocycles. The van der Waals surface area contributed by atoms with Crippen LogP contribution in [-0.4, -0.2) is 8.07 Å². The lowest BCUT2D eigenvalue weighted by Crippen LogP contribution is -2.74. The second kappa shape index (κ2) is 15.4. The first-order valence-corrected chi connectivity index (χ1v) is 24.1. The fraction of sp³-hybridized carbons (Fsp3) is 0.0164. The van der Waals surface area contributed by atoms with Gasteiger partial charge in [0.05, 0.1) is 5.41 Å². The number of benzene rings is 10. The quantitative estimate of drug-likeness (QED) is 0.106. The van der Waals surface area contributed by atoms with Gasteiger partial charge in [0.1, 0.15) is 11.2 Å². The number of nitrogens with zero attached hydrogens (tertiary/aromatic N) is 1. The van der Waals surface area contributed by atoms with Crippen molar-refractivity contribution >= 4 is 67.8 Å². The fourth-order valence-electron chi connectivity index (χ4n) is 10.8. The van der Waals surface area contributed by atoms with E-state index < -0.39 is 13.5 Å². The SMILES string of the molecule is c1ccc(N(c2ccc3c(c2)C(c2ccccc2)(c2ccccc2)c2ccccc2-3)c2ccc3c(c2)oc2cc([Si](c4ccccc4)(c4ccccc4)c4ccccc4)ccc23)cc1. The van der Waals surface area contributed by atoms with Crippen molar-refractivity contribution in [2.75, 3.05) is 4.90 Å². The third kappa shape index (κ3) is 5.78. The molecule has 0 saturated heterocycles. The van der Waals surface area contributed by atoms with Crippen molar-refractivity contribution in [3.63, 3.8) is 0 Å². The van der Waals surface area contributed by atoms with Crippen LogP contribution in [0.25, 0.3) is 33.1 Å². The van der Waals surface area contributed by atoms with E-state index in [4.69, 9.17) is 4.42 Å². The lowest BCUT2D eigenvalue weighted by molar-refractivity contribution is 0.669. The minimum Gasteiger partial charge on any atom is -0.456 e. The highest BCUT2D eigenvalue weighted by Gasteiger charge is 2.46. The first kappa shape index (κ1) is 37.8. The Balaban J connectivity index is 1.05. The molecule has 11 aromatic rings. The van der Waals surface area contributed by atoms with Gasteiger partial charge in [-0.2, -0.15) is 0 Å². The Kier molecular flexibility index (Phi) is 9.10. The second-order valence-electron chi connectivity index (χ2n) is 16.8. The van der Waals surface area contributed by atoms with Crippen LogP contribution in [0.2, 0.25) is 0 Å². The predicted octanol–water partition coefficient (Wildman–Crippen LogP) is 12.8. The van der Waals surface area contributed by atoms with Crippen LogP contribution in [-0.2, 0) is 5.41 Å². The first-order valence-electron chi connectivity index (χ1n) is 22.1. The number of anilines is 3. The average molecular weight is 834 g/mol. The van der Waals surface area contributed by atoms with Crippen molar-refractivity contribution in [2.24, 2.45) is 0 Å². The van der Waals surface area contributed by atoms with Gasteiger partial charge in [-0.3, -0.25) is 0 Å². The molecule has 1 heterocycles. The zero-order valence-corrected chi connectivity index (χ0v) is 36.2. The molecule has 64 heavy (non-hydrogen) atoms. The summed E-state index contributed by atoms with van der Waals surface area (Å²) in [6, 6.07) is 95.6. The van der Waals surface area contributed by atoms with Gasteiger partial charge in [-0.15, -0.1) is 0 Å². The summed E-state index contributed by atoms with van der Waals surface area (Å²) < 4.78 is 7.02. The first-order chi connectivity index (χ1) is 31.7. The second-order valence-corrected chi connectivity index (χ2v) is 20.6. The van der Waals surface area contributed by atoms with E-state index in [1.807, 2.05) is 0 Å². The van der Waals surface area contributed by atoms with E-state index in [9.17, 15) is 0 Å². The molecule has 0 fully saturated rings.